The number of hydrogen-bond acceptors (Lipinski definition) is 4. The zero-order valence-corrected chi connectivity index (χ0v) is 14.6. The summed E-state index contributed by atoms with van der Waals surface area (Å²) in [7, 11) is 0. The van der Waals surface area contributed by atoms with E-state index in [-0.39, 0.29) is 5.91 Å². The summed E-state index contributed by atoms with van der Waals surface area (Å²) in [6, 6.07) is 2.58. The van der Waals surface area contributed by atoms with Gasteiger partial charge in [0.15, 0.2) is 5.82 Å². The SMILES string of the molecule is Cc1nc(C2(NC(=O)c3cc(C)n(C4CC4)c3C)CCCC2)no1. The normalized spacial score (nSPS) is 19.6. The number of hydrogen-bond donors (Lipinski definition) is 1. The van der Waals surface area contributed by atoms with Crippen molar-refractivity contribution in [1.82, 2.24) is 20.0 Å². The van der Waals surface area contributed by atoms with Crippen molar-refractivity contribution in [2.45, 2.75) is 70.9 Å². The van der Waals surface area contributed by atoms with Gasteiger partial charge in [-0.3, -0.25) is 4.79 Å². The van der Waals surface area contributed by atoms with E-state index in [9.17, 15) is 4.79 Å². The van der Waals surface area contributed by atoms with E-state index in [0.717, 1.165) is 42.6 Å². The molecule has 2 heterocycles. The van der Waals surface area contributed by atoms with Crippen LogP contribution >= 0.6 is 0 Å². The third-order valence-corrected chi connectivity index (χ3v) is 5.41. The summed E-state index contributed by atoms with van der Waals surface area (Å²) in [5.41, 5.74) is 2.50. The van der Waals surface area contributed by atoms with E-state index in [1.807, 2.05) is 13.0 Å². The van der Waals surface area contributed by atoms with Crippen molar-refractivity contribution in [2.24, 2.45) is 0 Å². The van der Waals surface area contributed by atoms with Crippen LogP contribution in [0.3, 0.4) is 0 Å². The number of nitrogens with zero attached hydrogens (tertiary/aromatic N) is 3. The van der Waals surface area contributed by atoms with E-state index in [1.165, 1.54) is 12.8 Å². The molecule has 0 aromatic carbocycles. The molecule has 2 fully saturated rings. The number of carbonyl (C=O) groups is 1. The number of amides is 1. The Bertz CT molecular complexity index is 779. The van der Waals surface area contributed by atoms with Crippen LogP contribution in [0.5, 0.6) is 0 Å². The van der Waals surface area contributed by atoms with Gasteiger partial charge in [0.05, 0.1) is 5.56 Å². The number of nitrogens with one attached hydrogen (secondary N) is 1. The zero-order chi connectivity index (χ0) is 16.9. The first-order chi connectivity index (χ1) is 11.5. The predicted octanol–water partition coefficient (Wildman–Crippen LogP) is 3.33. The van der Waals surface area contributed by atoms with Gasteiger partial charge in [-0.05, 0) is 45.6 Å². The Kier molecular flexibility index (Phi) is 3.51. The highest BCUT2D eigenvalue weighted by molar-refractivity contribution is 5.96. The fraction of sp³-hybridized carbons (Fsp3) is 0.611. The predicted molar refractivity (Wildman–Crippen MR) is 88.8 cm³/mol. The molecule has 128 valence electrons. The lowest BCUT2D eigenvalue weighted by atomic mass is 9.96. The van der Waals surface area contributed by atoms with Gasteiger partial charge in [-0.25, -0.2) is 0 Å². The number of aromatic nitrogens is 3. The molecule has 1 amide bonds. The molecule has 0 radical (unpaired) electrons. The number of carbonyl (C=O) groups excluding carboxylic acids is 1. The summed E-state index contributed by atoms with van der Waals surface area (Å²) >= 11 is 0. The molecule has 2 aromatic rings. The lowest BCUT2D eigenvalue weighted by Crippen LogP contribution is -2.44. The first-order valence-corrected chi connectivity index (χ1v) is 8.82. The van der Waals surface area contributed by atoms with Crippen molar-refractivity contribution in [3.05, 3.63) is 34.7 Å². The molecular weight excluding hydrogens is 304 g/mol. The minimum atomic E-state index is -0.489. The van der Waals surface area contributed by atoms with Crippen LogP contribution in [0.1, 0.15) is 78.0 Å². The van der Waals surface area contributed by atoms with Gasteiger partial charge in [0.25, 0.3) is 5.91 Å². The molecule has 24 heavy (non-hydrogen) atoms. The third kappa shape index (κ3) is 2.44. The Morgan fingerprint density at radius 1 is 1.29 bits per heavy atom. The maximum Gasteiger partial charge on any atom is 0.253 e. The highest BCUT2D eigenvalue weighted by atomic mass is 16.5. The second kappa shape index (κ2) is 5.46. The molecular formula is C18H24N4O2. The van der Waals surface area contributed by atoms with Crippen LogP contribution in [0.2, 0.25) is 0 Å². The third-order valence-electron chi connectivity index (χ3n) is 5.41. The Balaban J connectivity index is 1.64. The molecule has 2 aliphatic rings. The smallest absolute Gasteiger partial charge is 0.253 e. The number of rotatable bonds is 4. The van der Waals surface area contributed by atoms with E-state index in [1.54, 1.807) is 6.92 Å². The molecule has 0 atom stereocenters. The summed E-state index contributed by atoms with van der Waals surface area (Å²) in [4.78, 5) is 17.4. The lowest BCUT2D eigenvalue weighted by Gasteiger charge is -2.26. The van der Waals surface area contributed by atoms with Crippen LogP contribution in [0, 0.1) is 20.8 Å². The Hall–Kier alpha value is -2.11. The summed E-state index contributed by atoms with van der Waals surface area (Å²) in [6.45, 7) is 5.90. The van der Waals surface area contributed by atoms with E-state index >= 15 is 0 Å². The minimum Gasteiger partial charge on any atom is -0.345 e. The highest BCUT2D eigenvalue weighted by Crippen LogP contribution is 2.40. The monoisotopic (exact) mass is 328 g/mol. The van der Waals surface area contributed by atoms with Crippen LogP contribution in [-0.4, -0.2) is 20.6 Å². The first-order valence-electron chi connectivity index (χ1n) is 8.82. The van der Waals surface area contributed by atoms with E-state index in [2.05, 4.69) is 26.9 Å². The van der Waals surface area contributed by atoms with Gasteiger partial charge in [-0.1, -0.05) is 18.0 Å². The summed E-state index contributed by atoms with van der Waals surface area (Å²) in [6.07, 6.45) is 6.27. The van der Waals surface area contributed by atoms with Gasteiger partial charge in [-0.2, -0.15) is 4.98 Å². The van der Waals surface area contributed by atoms with Crippen molar-refractivity contribution in [3.63, 3.8) is 0 Å². The number of aryl methyl sites for hydroxylation is 2. The van der Waals surface area contributed by atoms with Crippen molar-refractivity contribution in [2.75, 3.05) is 0 Å². The van der Waals surface area contributed by atoms with Crippen molar-refractivity contribution in [3.8, 4) is 0 Å². The fourth-order valence-electron chi connectivity index (χ4n) is 4.06. The largest absolute Gasteiger partial charge is 0.345 e. The quantitative estimate of drug-likeness (QED) is 0.934. The van der Waals surface area contributed by atoms with Gasteiger partial charge >= 0.3 is 0 Å². The molecule has 1 N–H and O–H groups in total. The molecule has 4 rings (SSSR count). The molecule has 6 heteroatoms. The van der Waals surface area contributed by atoms with Gasteiger partial charge < -0.3 is 14.4 Å². The van der Waals surface area contributed by atoms with Crippen molar-refractivity contribution >= 4 is 5.91 Å². The van der Waals surface area contributed by atoms with Gasteiger partial charge in [0, 0.05) is 24.4 Å². The van der Waals surface area contributed by atoms with E-state index in [4.69, 9.17) is 4.52 Å². The highest BCUT2D eigenvalue weighted by Gasteiger charge is 2.42. The first kappa shape index (κ1) is 15.4. The zero-order valence-electron chi connectivity index (χ0n) is 14.6. The fourth-order valence-corrected chi connectivity index (χ4v) is 4.06. The summed E-state index contributed by atoms with van der Waals surface area (Å²) in [5.74, 6) is 1.12. The molecule has 0 bridgehead atoms. The second-order valence-electron chi connectivity index (χ2n) is 7.27. The van der Waals surface area contributed by atoms with Crippen LogP contribution in [0.4, 0.5) is 0 Å². The maximum absolute atomic E-state index is 13.0. The molecule has 0 saturated heterocycles. The molecule has 0 aliphatic heterocycles. The molecule has 0 spiro atoms. The van der Waals surface area contributed by atoms with Crippen LogP contribution in [-0.2, 0) is 5.54 Å². The average Bonchev–Trinajstić information content (AvgIpc) is 2.94. The molecule has 0 unspecified atom stereocenters. The van der Waals surface area contributed by atoms with E-state index < -0.39 is 5.54 Å². The summed E-state index contributed by atoms with van der Waals surface area (Å²) in [5, 5.41) is 7.34. The topological polar surface area (TPSA) is 73.0 Å². The molecule has 2 aromatic heterocycles. The molecule has 2 aliphatic carbocycles. The van der Waals surface area contributed by atoms with Gasteiger partial charge in [0.2, 0.25) is 5.89 Å². The maximum atomic E-state index is 13.0. The average molecular weight is 328 g/mol. The standard InChI is InChI=1S/C18H24N4O2/c1-11-10-15(12(2)22(11)14-6-7-14)16(23)20-18(8-4-5-9-18)17-19-13(3)24-21-17/h10,14H,4-9H2,1-3H3,(H,20,23). The van der Waals surface area contributed by atoms with Crippen molar-refractivity contribution < 1.29 is 9.32 Å². The summed E-state index contributed by atoms with van der Waals surface area (Å²) < 4.78 is 7.46. The Morgan fingerprint density at radius 3 is 2.58 bits per heavy atom. The van der Waals surface area contributed by atoms with Gasteiger partial charge in [0.1, 0.15) is 5.54 Å². The van der Waals surface area contributed by atoms with Gasteiger partial charge in [-0.15, -0.1) is 0 Å². The van der Waals surface area contributed by atoms with Crippen molar-refractivity contribution in [1.29, 1.82) is 0 Å². The second-order valence-corrected chi connectivity index (χ2v) is 7.27. The van der Waals surface area contributed by atoms with Crippen LogP contribution < -0.4 is 5.32 Å². The molecule has 6 nitrogen and oxygen atoms in total. The minimum absolute atomic E-state index is 0.0284. The van der Waals surface area contributed by atoms with Crippen LogP contribution in [0.15, 0.2) is 10.6 Å². The lowest BCUT2D eigenvalue weighted by molar-refractivity contribution is 0.0891. The van der Waals surface area contributed by atoms with E-state index in [0.29, 0.717) is 17.8 Å². The Labute approximate surface area is 141 Å². The molecule has 2 saturated carbocycles. The van der Waals surface area contributed by atoms with Crippen LogP contribution in [0.25, 0.3) is 0 Å². The Morgan fingerprint density at radius 2 is 2.00 bits per heavy atom.